The number of benzene rings is 3. The first kappa shape index (κ1) is 32.5. The van der Waals surface area contributed by atoms with E-state index in [4.69, 9.17) is 0 Å². The molecular weight excluding hydrogens is 637 g/mol. The van der Waals surface area contributed by atoms with Crippen molar-refractivity contribution in [1.29, 1.82) is 0 Å². The van der Waals surface area contributed by atoms with Crippen LogP contribution in [0.5, 0.6) is 5.75 Å². The van der Waals surface area contributed by atoms with E-state index < -0.39 is 0 Å². The molecule has 6 aromatic rings. The average Bonchev–Trinajstić information content (AvgIpc) is 3.65. The first-order valence-electron chi connectivity index (χ1n) is 17.5. The number of phenols is 1. The lowest BCUT2D eigenvalue weighted by molar-refractivity contribution is 0.0658. The highest BCUT2D eigenvalue weighted by atomic mass is 16.3. The smallest absolute Gasteiger partial charge is 0.264 e. The van der Waals surface area contributed by atoms with Gasteiger partial charge in [-0.1, -0.05) is 24.3 Å². The number of aromatic nitrogens is 3. The summed E-state index contributed by atoms with van der Waals surface area (Å²) in [6, 6.07) is 25.2. The number of carbonyl (C=O) groups is 2. The summed E-state index contributed by atoms with van der Waals surface area (Å²) in [5, 5.41) is 11.0. The van der Waals surface area contributed by atoms with Crippen molar-refractivity contribution in [3.8, 4) is 17.0 Å². The number of anilines is 2. The maximum atomic E-state index is 14.8. The molecular formula is C42H42N6O3. The highest BCUT2D eigenvalue weighted by Gasteiger charge is 2.32. The van der Waals surface area contributed by atoms with Gasteiger partial charge in [-0.25, -0.2) is 4.98 Å². The molecule has 3 aromatic carbocycles. The average molecular weight is 679 g/mol. The third-order valence-corrected chi connectivity index (χ3v) is 10.8. The second kappa shape index (κ2) is 12.6. The number of hydrogen-bond donors (Lipinski definition) is 1. The third kappa shape index (κ3) is 5.67. The van der Waals surface area contributed by atoms with Gasteiger partial charge in [0.1, 0.15) is 11.4 Å². The molecule has 2 aliphatic heterocycles. The van der Waals surface area contributed by atoms with Crippen molar-refractivity contribution in [2.24, 2.45) is 14.1 Å². The standard InChI is InChI=1S/C42H42N6O3/c1-26-18-28-8-6-7-9-31(28)25-47(26)41(50)38-21-32-24-44(3)16-14-29(32)20-37(38)39-22-36(27(2)46(39)5)42(51)48(33-10-12-35(49)13-11-33)34-19-30-15-17-45(4)40(30)43-23-34/h6-13,15,17,19-23,26,49H,14,16,18,24-25H2,1-5H3/t26-/m1/s1. The number of aromatic hydroxyl groups is 1. The Hall–Kier alpha value is -5.67. The maximum Gasteiger partial charge on any atom is 0.264 e. The number of hydrogen-bond acceptors (Lipinski definition) is 5. The molecule has 2 amide bonds. The van der Waals surface area contributed by atoms with Crippen LogP contribution in [0.4, 0.5) is 11.4 Å². The Bertz CT molecular complexity index is 2340. The first-order chi connectivity index (χ1) is 24.6. The van der Waals surface area contributed by atoms with Crippen molar-refractivity contribution in [1.82, 2.24) is 23.9 Å². The summed E-state index contributed by atoms with van der Waals surface area (Å²) in [6.07, 6.45) is 5.35. The molecule has 1 atom stereocenters. The molecule has 0 unspecified atom stereocenters. The summed E-state index contributed by atoms with van der Waals surface area (Å²) in [7, 11) is 6.02. The Balaban J connectivity index is 1.24. The van der Waals surface area contributed by atoms with Crippen molar-refractivity contribution >= 4 is 34.2 Å². The molecule has 0 spiro atoms. The molecule has 0 aliphatic carbocycles. The van der Waals surface area contributed by atoms with E-state index in [0.717, 1.165) is 53.9 Å². The van der Waals surface area contributed by atoms with Crippen LogP contribution in [0.1, 0.15) is 55.6 Å². The number of amides is 2. The maximum absolute atomic E-state index is 14.8. The van der Waals surface area contributed by atoms with Crippen LogP contribution >= 0.6 is 0 Å². The van der Waals surface area contributed by atoms with Crippen molar-refractivity contribution in [3.63, 3.8) is 0 Å². The summed E-state index contributed by atoms with van der Waals surface area (Å²) in [6.45, 7) is 6.36. The zero-order valence-corrected chi connectivity index (χ0v) is 29.7. The number of pyridine rings is 1. The molecule has 1 N–H and O–H groups in total. The van der Waals surface area contributed by atoms with Crippen molar-refractivity contribution in [2.75, 3.05) is 18.5 Å². The van der Waals surface area contributed by atoms with Crippen LogP contribution in [0.2, 0.25) is 0 Å². The number of aryl methyl sites for hydroxylation is 1. The Morgan fingerprint density at radius 1 is 0.843 bits per heavy atom. The second-order valence-electron chi connectivity index (χ2n) is 14.2. The van der Waals surface area contributed by atoms with Crippen LogP contribution in [0.3, 0.4) is 0 Å². The SMILES string of the molecule is Cc1c(C(=O)N(c2ccc(O)cc2)c2cnc3c(ccn3C)c2)cc(-c2cc3c(cc2C(=O)N2Cc4ccccc4C[C@H]2C)CN(C)CC3)n1C. The van der Waals surface area contributed by atoms with Gasteiger partial charge in [0.15, 0.2) is 0 Å². The van der Waals surface area contributed by atoms with Crippen molar-refractivity contribution in [3.05, 3.63) is 130 Å². The molecule has 5 heterocycles. The van der Waals surface area contributed by atoms with E-state index in [9.17, 15) is 14.7 Å². The minimum Gasteiger partial charge on any atom is -0.508 e. The molecule has 0 fully saturated rings. The molecule has 8 rings (SSSR count). The molecule has 9 heteroatoms. The number of nitrogens with zero attached hydrogens (tertiary/aromatic N) is 6. The highest BCUT2D eigenvalue weighted by Crippen LogP contribution is 2.37. The molecule has 2 aliphatic rings. The Labute approximate surface area is 298 Å². The van der Waals surface area contributed by atoms with Crippen LogP contribution in [-0.2, 0) is 40.0 Å². The van der Waals surface area contributed by atoms with E-state index in [1.165, 1.54) is 22.3 Å². The second-order valence-corrected chi connectivity index (χ2v) is 14.2. The minimum absolute atomic E-state index is 0.00252. The summed E-state index contributed by atoms with van der Waals surface area (Å²) in [5.41, 5.74) is 10.5. The van der Waals surface area contributed by atoms with Gasteiger partial charge in [-0.2, -0.15) is 0 Å². The predicted octanol–water partition coefficient (Wildman–Crippen LogP) is 7.15. The van der Waals surface area contributed by atoms with Gasteiger partial charge in [-0.15, -0.1) is 0 Å². The molecule has 9 nitrogen and oxygen atoms in total. The zero-order valence-electron chi connectivity index (χ0n) is 29.7. The molecule has 0 saturated heterocycles. The quantitative estimate of drug-likeness (QED) is 0.210. The van der Waals surface area contributed by atoms with Crippen LogP contribution < -0.4 is 4.90 Å². The lowest BCUT2D eigenvalue weighted by Gasteiger charge is -2.36. The highest BCUT2D eigenvalue weighted by molar-refractivity contribution is 6.13. The Morgan fingerprint density at radius 2 is 1.61 bits per heavy atom. The predicted molar refractivity (Wildman–Crippen MR) is 200 cm³/mol. The van der Waals surface area contributed by atoms with Crippen LogP contribution in [-0.4, -0.2) is 60.5 Å². The van der Waals surface area contributed by atoms with E-state index in [2.05, 4.69) is 54.2 Å². The van der Waals surface area contributed by atoms with Gasteiger partial charge < -0.3 is 24.0 Å². The number of phenolic OH excluding ortho intramolecular Hbond substituents is 1. The van der Waals surface area contributed by atoms with E-state index in [1.54, 1.807) is 35.4 Å². The fraction of sp³-hybridized carbons (Fsp3) is 0.262. The summed E-state index contributed by atoms with van der Waals surface area (Å²) < 4.78 is 3.97. The van der Waals surface area contributed by atoms with E-state index >= 15 is 0 Å². The van der Waals surface area contributed by atoms with Gasteiger partial charge >= 0.3 is 0 Å². The largest absolute Gasteiger partial charge is 0.508 e. The number of rotatable bonds is 5. The molecule has 0 bridgehead atoms. The minimum atomic E-state index is -0.231. The van der Waals surface area contributed by atoms with E-state index in [-0.39, 0.29) is 23.6 Å². The fourth-order valence-corrected chi connectivity index (χ4v) is 7.79. The molecule has 0 saturated carbocycles. The molecule has 258 valence electrons. The topological polar surface area (TPSA) is 86.8 Å². The van der Waals surface area contributed by atoms with Gasteiger partial charge in [0.05, 0.1) is 17.4 Å². The monoisotopic (exact) mass is 678 g/mol. The molecule has 51 heavy (non-hydrogen) atoms. The Kier molecular flexibility index (Phi) is 8.03. The van der Waals surface area contributed by atoms with E-state index in [1.807, 2.05) is 65.5 Å². The summed E-state index contributed by atoms with van der Waals surface area (Å²) in [5.74, 6) is -0.114. The van der Waals surface area contributed by atoms with Gasteiger partial charge in [0.25, 0.3) is 11.8 Å². The van der Waals surface area contributed by atoms with Crippen LogP contribution in [0, 0.1) is 6.92 Å². The fourth-order valence-electron chi connectivity index (χ4n) is 7.79. The van der Waals surface area contributed by atoms with Crippen LogP contribution in [0.25, 0.3) is 22.3 Å². The van der Waals surface area contributed by atoms with Crippen molar-refractivity contribution in [2.45, 2.75) is 45.8 Å². The number of likely N-dealkylation sites (N-methyl/N-ethyl adjacent to an activating group) is 1. The van der Waals surface area contributed by atoms with Gasteiger partial charge in [0, 0.05) is 79.6 Å². The summed E-state index contributed by atoms with van der Waals surface area (Å²) in [4.78, 5) is 40.2. The third-order valence-electron chi connectivity index (χ3n) is 10.8. The van der Waals surface area contributed by atoms with Gasteiger partial charge in [-0.3, -0.25) is 14.5 Å². The van der Waals surface area contributed by atoms with Crippen molar-refractivity contribution < 1.29 is 14.7 Å². The number of carbonyl (C=O) groups excluding carboxylic acids is 2. The zero-order chi connectivity index (χ0) is 35.6. The molecule has 3 aromatic heterocycles. The lowest BCUT2D eigenvalue weighted by Crippen LogP contribution is -2.43. The lowest BCUT2D eigenvalue weighted by atomic mass is 9.90. The van der Waals surface area contributed by atoms with Crippen LogP contribution in [0.15, 0.2) is 91.3 Å². The normalized spacial score (nSPS) is 15.9. The summed E-state index contributed by atoms with van der Waals surface area (Å²) >= 11 is 0. The molecule has 0 radical (unpaired) electrons. The first-order valence-corrected chi connectivity index (χ1v) is 17.5. The van der Waals surface area contributed by atoms with E-state index in [0.29, 0.717) is 29.0 Å². The number of fused-ring (bicyclic) bond motifs is 3. The van der Waals surface area contributed by atoms with Gasteiger partial charge in [0.2, 0.25) is 0 Å². The Morgan fingerprint density at radius 3 is 2.39 bits per heavy atom. The van der Waals surface area contributed by atoms with Gasteiger partial charge in [-0.05, 0) is 111 Å².